The zero-order valence-corrected chi connectivity index (χ0v) is 13.4. The molecule has 0 heterocycles. The fourth-order valence-corrected chi connectivity index (χ4v) is 1.92. The van der Waals surface area contributed by atoms with Crippen molar-refractivity contribution in [1.29, 1.82) is 0 Å². The molecular weight excluding hydrogens is 290 g/mol. The molecule has 0 aromatic heterocycles. The summed E-state index contributed by atoms with van der Waals surface area (Å²) < 4.78 is 5.41. The van der Waals surface area contributed by atoms with Gasteiger partial charge in [-0.05, 0) is 43.7 Å². The van der Waals surface area contributed by atoms with Gasteiger partial charge in [0.1, 0.15) is 5.75 Å². The molecule has 5 heteroatoms. The number of carbonyl (C=O) groups excluding carboxylic acids is 1. The Morgan fingerprint density at radius 3 is 2.74 bits per heavy atom. The highest BCUT2D eigenvalue weighted by Crippen LogP contribution is 2.11. The predicted molar refractivity (Wildman–Crippen MR) is 93.0 cm³/mol. The average molecular weight is 311 g/mol. The van der Waals surface area contributed by atoms with E-state index in [0.29, 0.717) is 6.61 Å². The van der Waals surface area contributed by atoms with Crippen LogP contribution in [0.4, 0.5) is 5.69 Å². The normalized spacial score (nSPS) is 10.5. The van der Waals surface area contributed by atoms with Crippen LogP contribution in [-0.2, 0) is 4.79 Å². The number of aryl methyl sites for hydroxylation is 1. The minimum absolute atomic E-state index is 0.166. The molecule has 120 valence electrons. The number of anilines is 1. The molecule has 2 aromatic rings. The second-order valence-electron chi connectivity index (χ2n) is 5.02. The molecule has 0 saturated carbocycles. The molecule has 0 fully saturated rings. The lowest BCUT2D eigenvalue weighted by molar-refractivity contribution is -0.119. The molecule has 0 spiro atoms. The summed E-state index contributed by atoms with van der Waals surface area (Å²) in [6.07, 6.45) is 1.59. The zero-order valence-electron chi connectivity index (χ0n) is 13.4. The molecule has 5 nitrogen and oxygen atoms in total. The van der Waals surface area contributed by atoms with Gasteiger partial charge in [0.2, 0.25) is 0 Å². The average Bonchev–Trinajstić information content (AvgIpc) is 2.55. The zero-order chi connectivity index (χ0) is 16.5. The number of hydrogen-bond donors (Lipinski definition) is 2. The van der Waals surface area contributed by atoms with Gasteiger partial charge in [0, 0.05) is 5.69 Å². The number of amides is 1. The second kappa shape index (κ2) is 8.58. The summed E-state index contributed by atoms with van der Waals surface area (Å²) in [5.41, 5.74) is 5.44. The Labute approximate surface area is 136 Å². The number of nitrogens with one attached hydrogen (secondary N) is 2. The summed E-state index contributed by atoms with van der Waals surface area (Å²) in [4.78, 5) is 11.7. The molecule has 0 saturated heterocycles. The molecule has 0 aliphatic heterocycles. The first-order chi connectivity index (χ1) is 11.2. The minimum Gasteiger partial charge on any atom is -0.494 e. The van der Waals surface area contributed by atoms with Crippen molar-refractivity contribution in [2.75, 3.05) is 18.5 Å². The summed E-state index contributed by atoms with van der Waals surface area (Å²) in [7, 11) is 0. The molecule has 0 atom stereocenters. The van der Waals surface area contributed by atoms with E-state index in [1.54, 1.807) is 6.21 Å². The third-order valence-corrected chi connectivity index (χ3v) is 3.08. The first kappa shape index (κ1) is 16.5. The topological polar surface area (TPSA) is 62.7 Å². The van der Waals surface area contributed by atoms with Gasteiger partial charge in [-0.3, -0.25) is 4.79 Å². The van der Waals surface area contributed by atoms with Crippen LogP contribution in [0.15, 0.2) is 53.6 Å². The summed E-state index contributed by atoms with van der Waals surface area (Å²) in [6, 6.07) is 15.4. The van der Waals surface area contributed by atoms with Crippen molar-refractivity contribution in [3.05, 3.63) is 59.7 Å². The molecule has 2 rings (SSSR count). The van der Waals surface area contributed by atoms with Gasteiger partial charge < -0.3 is 10.1 Å². The molecule has 2 N–H and O–H groups in total. The first-order valence-corrected chi connectivity index (χ1v) is 7.52. The predicted octanol–water partition coefficient (Wildman–Crippen LogP) is 2.96. The van der Waals surface area contributed by atoms with E-state index in [2.05, 4.69) is 15.8 Å². The quantitative estimate of drug-likeness (QED) is 0.610. The third-order valence-electron chi connectivity index (χ3n) is 3.08. The third kappa shape index (κ3) is 5.82. The number of hydrogen-bond acceptors (Lipinski definition) is 4. The van der Waals surface area contributed by atoms with E-state index in [4.69, 9.17) is 4.74 Å². The van der Waals surface area contributed by atoms with Crippen molar-refractivity contribution in [3.63, 3.8) is 0 Å². The molecule has 2 aromatic carbocycles. The number of hydrazone groups is 1. The van der Waals surface area contributed by atoms with Crippen molar-refractivity contribution in [2.45, 2.75) is 13.8 Å². The molecule has 0 radical (unpaired) electrons. The fourth-order valence-electron chi connectivity index (χ4n) is 1.92. The Morgan fingerprint density at radius 1 is 1.22 bits per heavy atom. The lowest BCUT2D eigenvalue weighted by Gasteiger charge is -2.05. The maximum Gasteiger partial charge on any atom is 0.259 e. The van der Waals surface area contributed by atoms with Crippen molar-refractivity contribution in [1.82, 2.24) is 5.43 Å². The van der Waals surface area contributed by atoms with Gasteiger partial charge >= 0.3 is 0 Å². The maximum atomic E-state index is 11.7. The molecule has 23 heavy (non-hydrogen) atoms. The molecule has 0 aliphatic rings. The SMILES string of the molecule is CCOc1cccc(/C=N\NC(=O)CNc2ccc(C)cc2)c1. The van der Waals surface area contributed by atoms with E-state index in [0.717, 1.165) is 17.0 Å². The fraction of sp³-hybridized carbons (Fsp3) is 0.222. The Kier molecular flexibility index (Phi) is 6.17. The monoisotopic (exact) mass is 311 g/mol. The highest BCUT2D eigenvalue weighted by atomic mass is 16.5. The lowest BCUT2D eigenvalue weighted by atomic mass is 10.2. The number of nitrogens with zero attached hydrogens (tertiary/aromatic N) is 1. The Morgan fingerprint density at radius 2 is 2.00 bits per heavy atom. The van der Waals surface area contributed by atoms with Crippen LogP contribution in [0.3, 0.4) is 0 Å². The smallest absolute Gasteiger partial charge is 0.259 e. The van der Waals surface area contributed by atoms with Crippen molar-refractivity contribution >= 4 is 17.8 Å². The van der Waals surface area contributed by atoms with Gasteiger partial charge in [0.25, 0.3) is 5.91 Å². The van der Waals surface area contributed by atoms with Crippen LogP contribution >= 0.6 is 0 Å². The van der Waals surface area contributed by atoms with Gasteiger partial charge in [-0.2, -0.15) is 5.10 Å². The molecule has 0 unspecified atom stereocenters. The van der Waals surface area contributed by atoms with Crippen molar-refractivity contribution < 1.29 is 9.53 Å². The summed E-state index contributed by atoms with van der Waals surface area (Å²) in [5, 5.41) is 6.99. The van der Waals surface area contributed by atoms with Gasteiger partial charge in [-0.25, -0.2) is 5.43 Å². The van der Waals surface area contributed by atoms with E-state index < -0.39 is 0 Å². The van der Waals surface area contributed by atoms with Crippen molar-refractivity contribution in [2.24, 2.45) is 5.10 Å². The van der Waals surface area contributed by atoms with Gasteiger partial charge in [0.15, 0.2) is 0 Å². The summed E-state index contributed by atoms with van der Waals surface area (Å²) in [6.45, 7) is 4.73. The number of ether oxygens (including phenoxy) is 1. The second-order valence-corrected chi connectivity index (χ2v) is 5.02. The maximum absolute atomic E-state index is 11.7. The Hall–Kier alpha value is -2.82. The molecular formula is C18H21N3O2. The molecule has 0 bridgehead atoms. The van der Waals surface area contributed by atoms with E-state index >= 15 is 0 Å². The first-order valence-electron chi connectivity index (χ1n) is 7.52. The number of rotatable bonds is 7. The van der Waals surface area contributed by atoms with E-state index in [-0.39, 0.29) is 12.5 Å². The van der Waals surface area contributed by atoms with Crippen molar-refractivity contribution in [3.8, 4) is 5.75 Å². The highest BCUT2D eigenvalue weighted by Gasteiger charge is 1.99. The van der Waals surface area contributed by atoms with Crippen LogP contribution in [0.2, 0.25) is 0 Å². The molecule has 1 amide bonds. The van der Waals surface area contributed by atoms with Gasteiger partial charge in [0.05, 0.1) is 19.4 Å². The standard InChI is InChI=1S/C18H21N3O2/c1-3-23-17-6-4-5-15(11-17)12-20-21-18(22)13-19-16-9-7-14(2)8-10-16/h4-12,19H,3,13H2,1-2H3,(H,21,22)/b20-12-. The largest absolute Gasteiger partial charge is 0.494 e. The van der Waals surface area contributed by atoms with E-state index in [9.17, 15) is 4.79 Å². The summed E-state index contributed by atoms with van der Waals surface area (Å²) >= 11 is 0. The van der Waals surface area contributed by atoms with Crippen LogP contribution in [0.5, 0.6) is 5.75 Å². The van der Waals surface area contributed by atoms with Crippen LogP contribution in [-0.4, -0.2) is 25.3 Å². The number of carbonyl (C=O) groups is 1. The highest BCUT2D eigenvalue weighted by molar-refractivity contribution is 5.84. The van der Waals surface area contributed by atoms with Crippen LogP contribution < -0.4 is 15.5 Å². The van der Waals surface area contributed by atoms with Crippen LogP contribution in [0.25, 0.3) is 0 Å². The molecule has 0 aliphatic carbocycles. The Bertz CT molecular complexity index is 666. The van der Waals surface area contributed by atoms with Gasteiger partial charge in [-0.1, -0.05) is 29.8 Å². The Balaban J connectivity index is 1.79. The van der Waals surface area contributed by atoms with E-state index in [1.165, 1.54) is 5.56 Å². The number of benzene rings is 2. The van der Waals surface area contributed by atoms with Gasteiger partial charge in [-0.15, -0.1) is 0 Å². The minimum atomic E-state index is -0.206. The lowest BCUT2D eigenvalue weighted by Crippen LogP contribution is -2.25. The van der Waals surface area contributed by atoms with Crippen LogP contribution in [0, 0.1) is 6.92 Å². The summed E-state index contributed by atoms with van der Waals surface area (Å²) in [5.74, 6) is 0.576. The van der Waals surface area contributed by atoms with E-state index in [1.807, 2.05) is 62.4 Å². The van der Waals surface area contributed by atoms with Crippen LogP contribution in [0.1, 0.15) is 18.1 Å².